The summed E-state index contributed by atoms with van der Waals surface area (Å²) >= 11 is 12.0. The molecule has 5 nitrogen and oxygen atoms in total. The number of hydrogen-bond donors (Lipinski definition) is 1. The van der Waals surface area contributed by atoms with Crippen LogP contribution in [0.5, 0.6) is 0 Å². The summed E-state index contributed by atoms with van der Waals surface area (Å²) in [5.74, 6) is -0.858. The summed E-state index contributed by atoms with van der Waals surface area (Å²) in [4.78, 5) is 24.7. The third-order valence-corrected chi connectivity index (χ3v) is 4.74. The van der Waals surface area contributed by atoms with Gasteiger partial charge in [-0.25, -0.2) is 9.07 Å². The van der Waals surface area contributed by atoms with Gasteiger partial charge in [0.15, 0.2) is 0 Å². The highest BCUT2D eigenvalue weighted by Crippen LogP contribution is 2.30. The van der Waals surface area contributed by atoms with E-state index in [0.717, 1.165) is 4.68 Å². The fourth-order valence-electron chi connectivity index (χ4n) is 2.43. The third-order valence-electron chi connectivity index (χ3n) is 3.92. The average Bonchev–Trinajstić information content (AvgIpc) is 2.66. The van der Waals surface area contributed by atoms with Crippen molar-refractivity contribution in [1.29, 1.82) is 0 Å². The molecule has 0 aliphatic rings. The number of amides is 1. The predicted molar refractivity (Wildman–Crippen MR) is 104 cm³/mol. The number of nitrogens with zero attached hydrogens (tertiary/aromatic N) is 2. The number of anilines is 1. The van der Waals surface area contributed by atoms with E-state index < -0.39 is 17.5 Å². The Balaban J connectivity index is 1.89. The molecule has 2 aromatic carbocycles. The molecule has 0 saturated carbocycles. The van der Waals surface area contributed by atoms with Crippen LogP contribution in [0.2, 0.25) is 10.0 Å². The lowest BCUT2D eigenvalue weighted by molar-refractivity contribution is -0.119. The Morgan fingerprint density at radius 2 is 1.81 bits per heavy atom. The van der Waals surface area contributed by atoms with Crippen LogP contribution in [0.3, 0.4) is 0 Å². The summed E-state index contributed by atoms with van der Waals surface area (Å²) in [6, 6.07) is 12.4. The molecule has 0 bridgehead atoms. The van der Waals surface area contributed by atoms with Crippen LogP contribution in [0.4, 0.5) is 10.1 Å². The van der Waals surface area contributed by atoms with Gasteiger partial charge in [0.05, 0.1) is 21.4 Å². The van der Waals surface area contributed by atoms with Crippen LogP contribution < -0.4 is 10.9 Å². The van der Waals surface area contributed by atoms with E-state index in [0.29, 0.717) is 22.0 Å². The molecule has 3 rings (SSSR count). The van der Waals surface area contributed by atoms with Gasteiger partial charge in [0.1, 0.15) is 11.9 Å². The van der Waals surface area contributed by atoms with Crippen molar-refractivity contribution in [3.8, 4) is 11.3 Å². The molecule has 0 aliphatic carbocycles. The maximum Gasteiger partial charge on any atom is 0.267 e. The highest BCUT2D eigenvalue weighted by atomic mass is 35.5. The molecule has 0 fully saturated rings. The number of aromatic nitrogens is 2. The minimum atomic E-state index is -0.909. The zero-order valence-corrected chi connectivity index (χ0v) is 15.6. The van der Waals surface area contributed by atoms with Crippen LogP contribution >= 0.6 is 23.2 Å². The fraction of sp³-hybridized carbons (Fsp3) is 0.105. The van der Waals surface area contributed by atoms with E-state index in [2.05, 4.69) is 10.4 Å². The minimum absolute atomic E-state index is 0.208. The summed E-state index contributed by atoms with van der Waals surface area (Å²) in [6.45, 7) is 1.54. The predicted octanol–water partition coefficient (Wildman–Crippen LogP) is 4.56. The standard InChI is InChI=1S/C19H14Cl2FN3O2/c1-11(19(27)23-16-4-2-3-14(20)18(16)21)25-17(26)10-9-15(24-25)12-5-7-13(22)8-6-12/h2-11H,1H3,(H,23,27). The molecule has 1 aromatic heterocycles. The Kier molecular flexibility index (Phi) is 5.58. The van der Waals surface area contributed by atoms with Gasteiger partial charge in [-0.1, -0.05) is 29.3 Å². The third kappa shape index (κ3) is 4.18. The fourth-order valence-corrected chi connectivity index (χ4v) is 2.77. The van der Waals surface area contributed by atoms with Crippen LogP contribution in [-0.2, 0) is 4.79 Å². The summed E-state index contributed by atoms with van der Waals surface area (Å²) < 4.78 is 14.2. The van der Waals surface area contributed by atoms with Crippen molar-refractivity contribution in [2.75, 3.05) is 5.32 Å². The zero-order chi connectivity index (χ0) is 19.6. The van der Waals surface area contributed by atoms with Gasteiger partial charge in [0.25, 0.3) is 5.56 Å². The smallest absolute Gasteiger partial charge is 0.267 e. The largest absolute Gasteiger partial charge is 0.323 e. The lowest BCUT2D eigenvalue weighted by atomic mass is 10.1. The molecule has 1 heterocycles. The molecule has 1 unspecified atom stereocenters. The Bertz CT molecular complexity index is 1050. The summed E-state index contributed by atoms with van der Waals surface area (Å²) in [5.41, 5.74) is 0.954. The second kappa shape index (κ2) is 7.90. The molecular weight excluding hydrogens is 392 g/mol. The number of carbonyl (C=O) groups excluding carboxylic acids is 1. The highest BCUT2D eigenvalue weighted by Gasteiger charge is 2.19. The quantitative estimate of drug-likeness (QED) is 0.691. The van der Waals surface area contributed by atoms with Gasteiger partial charge in [0.2, 0.25) is 5.91 Å². The lowest BCUT2D eigenvalue weighted by Crippen LogP contribution is -2.33. The molecule has 8 heteroatoms. The summed E-state index contributed by atoms with van der Waals surface area (Å²) in [6.07, 6.45) is 0. The number of benzene rings is 2. The lowest BCUT2D eigenvalue weighted by Gasteiger charge is -2.16. The van der Waals surface area contributed by atoms with Crippen molar-refractivity contribution in [3.63, 3.8) is 0 Å². The number of halogens is 3. The molecule has 0 spiro atoms. The topological polar surface area (TPSA) is 64.0 Å². The van der Waals surface area contributed by atoms with Gasteiger partial charge in [-0.05, 0) is 49.4 Å². The van der Waals surface area contributed by atoms with Crippen LogP contribution in [0, 0.1) is 5.82 Å². The van der Waals surface area contributed by atoms with Crippen LogP contribution in [0.1, 0.15) is 13.0 Å². The van der Waals surface area contributed by atoms with E-state index in [1.54, 1.807) is 30.3 Å². The van der Waals surface area contributed by atoms with Gasteiger partial charge in [-0.2, -0.15) is 5.10 Å². The molecule has 3 aromatic rings. The van der Waals surface area contributed by atoms with Gasteiger partial charge in [-0.15, -0.1) is 0 Å². The number of rotatable bonds is 4. The molecule has 0 radical (unpaired) electrons. The van der Waals surface area contributed by atoms with E-state index in [1.165, 1.54) is 31.2 Å². The maximum atomic E-state index is 13.1. The SMILES string of the molecule is CC(C(=O)Nc1cccc(Cl)c1Cl)n1nc(-c2ccc(F)cc2)ccc1=O. The Labute approximate surface area is 164 Å². The van der Waals surface area contributed by atoms with Gasteiger partial charge >= 0.3 is 0 Å². The zero-order valence-electron chi connectivity index (χ0n) is 14.1. The number of carbonyl (C=O) groups is 1. The van der Waals surface area contributed by atoms with E-state index in [9.17, 15) is 14.0 Å². The first-order valence-electron chi connectivity index (χ1n) is 7.97. The first-order valence-corrected chi connectivity index (χ1v) is 8.73. The van der Waals surface area contributed by atoms with Crippen molar-refractivity contribution in [2.45, 2.75) is 13.0 Å². The Morgan fingerprint density at radius 3 is 2.52 bits per heavy atom. The maximum absolute atomic E-state index is 13.1. The molecule has 1 N–H and O–H groups in total. The van der Waals surface area contributed by atoms with Crippen LogP contribution in [-0.4, -0.2) is 15.7 Å². The molecular formula is C19H14Cl2FN3O2. The second-order valence-corrected chi connectivity index (χ2v) is 6.56. The number of hydrogen-bond acceptors (Lipinski definition) is 3. The molecule has 138 valence electrons. The first-order chi connectivity index (χ1) is 12.9. The summed E-state index contributed by atoms with van der Waals surface area (Å²) in [7, 11) is 0. The Morgan fingerprint density at radius 1 is 1.11 bits per heavy atom. The molecule has 27 heavy (non-hydrogen) atoms. The van der Waals surface area contributed by atoms with E-state index in [-0.39, 0.29) is 10.8 Å². The van der Waals surface area contributed by atoms with Crippen molar-refractivity contribution in [2.24, 2.45) is 0 Å². The summed E-state index contributed by atoms with van der Waals surface area (Å²) in [5, 5.41) is 7.39. The van der Waals surface area contributed by atoms with Crippen molar-refractivity contribution < 1.29 is 9.18 Å². The first kappa shape index (κ1) is 19.1. The van der Waals surface area contributed by atoms with Crippen molar-refractivity contribution in [1.82, 2.24) is 9.78 Å². The monoisotopic (exact) mass is 405 g/mol. The molecule has 1 atom stereocenters. The van der Waals surface area contributed by atoms with E-state index in [1.807, 2.05) is 0 Å². The highest BCUT2D eigenvalue weighted by molar-refractivity contribution is 6.44. The Hall–Kier alpha value is -2.70. The molecule has 0 aliphatic heterocycles. The van der Waals surface area contributed by atoms with Crippen molar-refractivity contribution in [3.05, 3.63) is 80.8 Å². The second-order valence-electron chi connectivity index (χ2n) is 5.77. The molecule has 0 saturated heterocycles. The van der Waals surface area contributed by atoms with E-state index >= 15 is 0 Å². The van der Waals surface area contributed by atoms with Gasteiger partial charge in [0, 0.05) is 11.6 Å². The normalized spacial score (nSPS) is 11.9. The van der Waals surface area contributed by atoms with Gasteiger partial charge in [-0.3, -0.25) is 9.59 Å². The number of nitrogens with one attached hydrogen (secondary N) is 1. The van der Waals surface area contributed by atoms with Crippen LogP contribution in [0.15, 0.2) is 59.4 Å². The minimum Gasteiger partial charge on any atom is -0.323 e. The van der Waals surface area contributed by atoms with Crippen LogP contribution in [0.25, 0.3) is 11.3 Å². The van der Waals surface area contributed by atoms with Crippen molar-refractivity contribution >= 4 is 34.8 Å². The average molecular weight is 406 g/mol. The van der Waals surface area contributed by atoms with Gasteiger partial charge < -0.3 is 5.32 Å². The molecule has 1 amide bonds. The van der Waals surface area contributed by atoms with E-state index in [4.69, 9.17) is 23.2 Å².